The van der Waals surface area contributed by atoms with Crippen molar-refractivity contribution in [3.8, 4) is 16.9 Å². The Balaban J connectivity index is 2.46. The van der Waals surface area contributed by atoms with Crippen molar-refractivity contribution in [2.75, 3.05) is 21.3 Å². The summed E-state index contributed by atoms with van der Waals surface area (Å²) in [7, 11) is 4.04. The van der Waals surface area contributed by atoms with Gasteiger partial charge in [-0.05, 0) is 12.1 Å². The lowest BCUT2D eigenvalue weighted by Gasteiger charge is -2.16. The number of imidazole rings is 1. The molecule has 2 aromatic heterocycles. The largest absolute Gasteiger partial charge is 0.496 e. The molecule has 7 nitrogen and oxygen atoms in total. The first-order valence-electron chi connectivity index (χ1n) is 7.42. The smallest absolute Gasteiger partial charge is 0.356 e. The van der Waals surface area contributed by atoms with Gasteiger partial charge in [0.2, 0.25) is 0 Å². The Morgan fingerprint density at radius 3 is 2.40 bits per heavy atom. The van der Waals surface area contributed by atoms with Gasteiger partial charge in [-0.3, -0.25) is 4.40 Å². The lowest BCUT2D eigenvalue weighted by Crippen LogP contribution is -2.18. The van der Waals surface area contributed by atoms with E-state index in [0.29, 0.717) is 22.5 Å². The number of benzene rings is 1. The van der Waals surface area contributed by atoms with Crippen molar-refractivity contribution in [1.29, 1.82) is 0 Å². The van der Waals surface area contributed by atoms with Crippen LogP contribution in [0.5, 0.6) is 5.75 Å². The minimum atomic E-state index is -0.667. The van der Waals surface area contributed by atoms with Crippen molar-refractivity contribution >= 4 is 17.6 Å². The van der Waals surface area contributed by atoms with Gasteiger partial charge in [-0.1, -0.05) is 18.2 Å². The Morgan fingerprint density at radius 2 is 1.72 bits per heavy atom. The summed E-state index contributed by atoms with van der Waals surface area (Å²) in [5.74, 6) is -0.767. The molecule has 0 fully saturated rings. The van der Waals surface area contributed by atoms with Crippen molar-refractivity contribution < 1.29 is 23.8 Å². The summed E-state index contributed by atoms with van der Waals surface area (Å²) in [6.07, 6.45) is 3.12. The highest BCUT2D eigenvalue weighted by Crippen LogP contribution is 2.35. The van der Waals surface area contributed by atoms with Crippen LogP contribution in [-0.4, -0.2) is 42.7 Å². The first-order valence-corrected chi connectivity index (χ1v) is 7.42. The summed E-state index contributed by atoms with van der Waals surface area (Å²) < 4.78 is 16.7. The van der Waals surface area contributed by atoms with E-state index in [0.717, 1.165) is 0 Å². The number of methoxy groups -OCH3 is 3. The van der Waals surface area contributed by atoms with Crippen LogP contribution in [0.2, 0.25) is 0 Å². The number of rotatable bonds is 4. The monoisotopic (exact) mass is 340 g/mol. The Hall–Kier alpha value is -3.35. The molecule has 3 rings (SSSR count). The van der Waals surface area contributed by atoms with E-state index in [1.54, 1.807) is 24.4 Å². The third-order valence-electron chi connectivity index (χ3n) is 3.86. The summed E-state index contributed by atoms with van der Waals surface area (Å²) in [5, 5.41) is 0. The Kier molecular flexibility index (Phi) is 4.38. The average Bonchev–Trinajstić information content (AvgIpc) is 3.13. The first kappa shape index (κ1) is 16.5. The van der Waals surface area contributed by atoms with Gasteiger partial charge in [0.1, 0.15) is 17.1 Å². The molecular formula is C18H16N2O5. The Morgan fingerprint density at radius 1 is 1.00 bits per heavy atom. The Labute approximate surface area is 143 Å². The number of carbonyl (C=O) groups excluding carboxylic acids is 2. The minimum Gasteiger partial charge on any atom is -0.496 e. The molecule has 0 unspecified atom stereocenters. The number of para-hydroxylation sites is 1. The van der Waals surface area contributed by atoms with Crippen molar-refractivity contribution in [1.82, 2.24) is 9.38 Å². The molecule has 0 bridgehead atoms. The highest BCUT2D eigenvalue weighted by molar-refractivity contribution is 6.08. The number of carbonyl (C=O) groups is 2. The summed E-state index contributed by atoms with van der Waals surface area (Å²) in [6, 6.07) is 8.89. The molecule has 0 radical (unpaired) electrons. The van der Waals surface area contributed by atoms with Gasteiger partial charge in [-0.25, -0.2) is 14.6 Å². The fourth-order valence-electron chi connectivity index (χ4n) is 2.75. The molecule has 0 aliphatic heterocycles. The molecule has 0 amide bonds. The maximum absolute atomic E-state index is 12.5. The lowest BCUT2D eigenvalue weighted by molar-refractivity contribution is 0.0549. The summed E-state index contributed by atoms with van der Waals surface area (Å²) in [5.41, 5.74) is 1.74. The number of ether oxygens (including phenoxy) is 3. The molecule has 128 valence electrons. The SMILES string of the molecule is COC(=O)c1c(-c2ccccc2OC)cc2nccn2c1C(=O)OC. The van der Waals surface area contributed by atoms with E-state index in [-0.39, 0.29) is 11.3 Å². The van der Waals surface area contributed by atoms with E-state index in [1.165, 1.54) is 31.9 Å². The van der Waals surface area contributed by atoms with E-state index in [4.69, 9.17) is 14.2 Å². The molecule has 3 aromatic rings. The summed E-state index contributed by atoms with van der Waals surface area (Å²) in [4.78, 5) is 29.1. The van der Waals surface area contributed by atoms with Crippen LogP contribution >= 0.6 is 0 Å². The quantitative estimate of drug-likeness (QED) is 0.679. The van der Waals surface area contributed by atoms with Crippen molar-refractivity contribution in [2.45, 2.75) is 0 Å². The van der Waals surface area contributed by atoms with E-state index in [2.05, 4.69) is 4.98 Å². The summed E-state index contributed by atoms with van der Waals surface area (Å²) >= 11 is 0. The summed E-state index contributed by atoms with van der Waals surface area (Å²) in [6.45, 7) is 0. The number of fused-ring (bicyclic) bond motifs is 1. The zero-order chi connectivity index (χ0) is 18.0. The van der Waals surface area contributed by atoms with Crippen molar-refractivity contribution in [3.05, 3.63) is 54.0 Å². The number of pyridine rings is 1. The lowest BCUT2D eigenvalue weighted by atomic mass is 9.97. The van der Waals surface area contributed by atoms with Gasteiger partial charge in [0.05, 0.1) is 26.9 Å². The Bertz CT molecular complexity index is 961. The highest BCUT2D eigenvalue weighted by Gasteiger charge is 2.28. The van der Waals surface area contributed by atoms with E-state index < -0.39 is 11.9 Å². The molecule has 0 saturated carbocycles. The topological polar surface area (TPSA) is 79.1 Å². The molecule has 0 spiro atoms. The van der Waals surface area contributed by atoms with Crippen LogP contribution in [0.3, 0.4) is 0 Å². The zero-order valence-electron chi connectivity index (χ0n) is 14.0. The third kappa shape index (κ3) is 2.69. The van der Waals surface area contributed by atoms with Crippen LogP contribution in [0.25, 0.3) is 16.8 Å². The van der Waals surface area contributed by atoms with Gasteiger partial charge in [0, 0.05) is 23.5 Å². The highest BCUT2D eigenvalue weighted by atomic mass is 16.5. The van der Waals surface area contributed by atoms with E-state index in [1.807, 2.05) is 12.1 Å². The standard InChI is InChI=1S/C18H16N2O5/c1-23-13-7-5-4-6-11(13)12-10-14-19-8-9-20(14)16(18(22)25-3)15(12)17(21)24-2/h4-10H,1-3H3. The predicted molar refractivity (Wildman–Crippen MR) is 89.9 cm³/mol. The molecule has 0 saturated heterocycles. The molecular weight excluding hydrogens is 324 g/mol. The minimum absolute atomic E-state index is 0.0465. The van der Waals surface area contributed by atoms with Crippen LogP contribution < -0.4 is 4.74 Å². The molecule has 0 aliphatic rings. The average molecular weight is 340 g/mol. The van der Waals surface area contributed by atoms with E-state index in [9.17, 15) is 9.59 Å². The van der Waals surface area contributed by atoms with Crippen LogP contribution in [0, 0.1) is 0 Å². The third-order valence-corrected chi connectivity index (χ3v) is 3.86. The number of esters is 2. The normalized spacial score (nSPS) is 10.5. The van der Waals surface area contributed by atoms with Crippen molar-refractivity contribution in [2.24, 2.45) is 0 Å². The van der Waals surface area contributed by atoms with Crippen LogP contribution in [0.1, 0.15) is 20.8 Å². The second kappa shape index (κ2) is 6.64. The molecule has 0 aliphatic carbocycles. The van der Waals surface area contributed by atoms with Crippen LogP contribution in [0.15, 0.2) is 42.7 Å². The zero-order valence-corrected chi connectivity index (χ0v) is 14.0. The fourth-order valence-corrected chi connectivity index (χ4v) is 2.75. The van der Waals surface area contributed by atoms with Gasteiger partial charge in [-0.2, -0.15) is 0 Å². The second-order valence-corrected chi connectivity index (χ2v) is 5.12. The molecule has 0 N–H and O–H groups in total. The maximum atomic E-state index is 12.5. The molecule has 2 heterocycles. The second-order valence-electron chi connectivity index (χ2n) is 5.12. The number of nitrogens with zero attached hydrogens (tertiary/aromatic N) is 2. The van der Waals surface area contributed by atoms with Gasteiger partial charge in [0.15, 0.2) is 0 Å². The van der Waals surface area contributed by atoms with Gasteiger partial charge in [0.25, 0.3) is 0 Å². The van der Waals surface area contributed by atoms with Gasteiger partial charge < -0.3 is 14.2 Å². The van der Waals surface area contributed by atoms with Crippen molar-refractivity contribution in [3.63, 3.8) is 0 Å². The molecule has 25 heavy (non-hydrogen) atoms. The first-order chi connectivity index (χ1) is 12.1. The number of hydrogen-bond donors (Lipinski definition) is 0. The fraction of sp³-hybridized carbons (Fsp3) is 0.167. The predicted octanol–water partition coefficient (Wildman–Crippen LogP) is 2.58. The van der Waals surface area contributed by atoms with Crippen LogP contribution in [0.4, 0.5) is 0 Å². The van der Waals surface area contributed by atoms with Gasteiger partial charge >= 0.3 is 11.9 Å². The van der Waals surface area contributed by atoms with Gasteiger partial charge in [-0.15, -0.1) is 0 Å². The molecule has 1 aromatic carbocycles. The van der Waals surface area contributed by atoms with E-state index >= 15 is 0 Å². The maximum Gasteiger partial charge on any atom is 0.356 e. The molecule has 0 atom stereocenters. The van der Waals surface area contributed by atoms with Crippen LogP contribution in [-0.2, 0) is 9.47 Å². The molecule has 7 heteroatoms. The number of aromatic nitrogens is 2. The number of hydrogen-bond acceptors (Lipinski definition) is 6.